The number of rotatable bonds is 17. The van der Waals surface area contributed by atoms with Gasteiger partial charge in [0.15, 0.2) is 6.10 Å². The number of fused-ring (bicyclic) bond motifs is 1. The Labute approximate surface area is 366 Å². The molecule has 1 aromatic heterocycles. The fraction of sp³-hybridized carbons (Fsp3) is 0.652. The number of carbonyl (C=O) groups excluding carboxylic acids is 3. The number of aliphatic hydroxyl groups excluding tert-OH is 3. The normalized spacial score (nSPS) is 31.8. The molecule has 6 rings (SSSR count). The number of nitrogens with zero attached hydrogens (tertiary/aromatic N) is 3. The van der Waals surface area contributed by atoms with E-state index >= 15 is 0 Å². The maximum Gasteiger partial charge on any atom is 0.351 e. The predicted molar refractivity (Wildman–Crippen MR) is 229 cm³/mol. The Hall–Kier alpha value is -4.58. The first-order valence-corrected chi connectivity index (χ1v) is 22.2. The van der Waals surface area contributed by atoms with Crippen LogP contribution in [-0.4, -0.2) is 91.5 Å². The van der Waals surface area contributed by atoms with Crippen LogP contribution in [0, 0.1) is 29.1 Å². The first-order chi connectivity index (χ1) is 29.9. The summed E-state index contributed by atoms with van der Waals surface area (Å²) in [5.74, 6) is -4.20. The lowest BCUT2D eigenvalue weighted by Gasteiger charge is -2.44. The molecule has 0 radical (unpaired) electrons. The third kappa shape index (κ3) is 11.8. The topological polar surface area (TPSA) is 225 Å². The van der Waals surface area contributed by atoms with Gasteiger partial charge >= 0.3 is 23.6 Å². The van der Waals surface area contributed by atoms with Crippen molar-refractivity contribution in [2.75, 3.05) is 12.3 Å². The van der Waals surface area contributed by atoms with Crippen molar-refractivity contribution < 1.29 is 52.7 Å². The fourth-order valence-electron chi connectivity index (χ4n) is 9.88. The number of halogens is 2. The summed E-state index contributed by atoms with van der Waals surface area (Å²) >= 11 is 0. The number of anilines is 1. The monoisotopic (exact) mass is 883 g/mol. The minimum atomic E-state index is -3.92. The summed E-state index contributed by atoms with van der Waals surface area (Å²) in [6.45, 7) is 9.79. The van der Waals surface area contributed by atoms with Gasteiger partial charge in [-0.2, -0.15) is 18.9 Å². The quantitative estimate of drug-likeness (QED) is 0.0577. The number of alkyl halides is 2. The standard InChI is InChI=1S/C46H63F2N5O10/c1-26(10-17-35(54)30-12-13-30)33-15-16-34-29(8-6-21-45(33,34)4)11-14-31-23-32(24-36(55)28(31)3)62-41(58)9-5-7-27(2)51-52-39(56)18-19-40(57)61-25-37-42(59)46(47,48)43(63-37)53-22-20-38(49)50-44(53)60/h10-11,14,17,20,22,26,30,32-37,42-43,54-55,59H,3,5-9,12-13,15-16,18-19,21,23-25H2,1-2,4H3,(H,52,56)(H2,49,50,60)/b17-10+,29-11+,31-14-,51-27+/t26-,32+,33?,34?,35?,36-,37?,42?,43?,45+/m0/s1. The Kier molecular flexibility index (Phi) is 15.6. The van der Waals surface area contributed by atoms with Crippen molar-refractivity contribution in [2.24, 2.45) is 34.2 Å². The van der Waals surface area contributed by atoms with Crippen LogP contribution in [0.2, 0.25) is 0 Å². The highest BCUT2D eigenvalue weighted by Gasteiger charge is 2.60. The van der Waals surface area contributed by atoms with Gasteiger partial charge in [-0.25, -0.2) is 10.2 Å². The number of aromatic nitrogens is 2. The number of esters is 2. The number of allylic oxidation sites excluding steroid dienone is 4. The molecule has 5 aliphatic rings. The molecule has 6 N–H and O–H groups in total. The highest BCUT2D eigenvalue weighted by molar-refractivity contribution is 5.85. The Bertz CT molecular complexity index is 2050. The van der Waals surface area contributed by atoms with Crippen LogP contribution < -0.4 is 16.8 Å². The third-order valence-corrected chi connectivity index (χ3v) is 13.7. The number of nitrogens with one attached hydrogen (secondary N) is 1. The molecule has 1 aromatic rings. The molecule has 346 valence electrons. The number of nitrogens with two attached hydrogens (primary N) is 1. The molecule has 4 aliphatic carbocycles. The van der Waals surface area contributed by atoms with Crippen LogP contribution >= 0.6 is 0 Å². The Morgan fingerprint density at radius 1 is 1.13 bits per heavy atom. The number of hydrogen-bond acceptors (Lipinski definition) is 13. The second-order valence-electron chi connectivity index (χ2n) is 18.3. The Morgan fingerprint density at radius 3 is 2.62 bits per heavy atom. The SMILES string of the molecule is C=C1/C(=C\C=C2/CCC[C@@]3(C)C2CCC3[C@@H](C)/C=C/C(O)C2CC2)C[C@@H](OC(=O)CCC/C(C)=N/NC(=O)CCC(=O)OCC2OC(n3ccc(N)nc3=O)C(F)(F)C2O)C[C@@H]1O. The lowest BCUT2D eigenvalue weighted by Crippen LogP contribution is -2.42. The smallest absolute Gasteiger partial charge is 0.351 e. The predicted octanol–water partition coefficient (Wildman–Crippen LogP) is 5.36. The molecule has 5 fully saturated rings. The van der Waals surface area contributed by atoms with Crippen molar-refractivity contribution in [2.45, 2.75) is 153 Å². The van der Waals surface area contributed by atoms with Gasteiger partial charge in [0.1, 0.15) is 24.6 Å². The van der Waals surface area contributed by atoms with E-state index in [0.717, 1.165) is 56.4 Å². The van der Waals surface area contributed by atoms with E-state index in [1.165, 1.54) is 12.0 Å². The Balaban J connectivity index is 0.896. The van der Waals surface area contributed by atoms with Crippen LogP contribution in [0.15, 0.2) is 69.8 Å². The van der Waals surface area contributed by atoms with Gasteiger partial charge in [-0.05, 0) is 111 Å². The lowest BCUT2D eigenvalue weighted by atomic mass is 9.61. The summed E-state index contributed by atoms with van der Waals surface area (Å²) < 4.78 is 45.8. The van der Waals surface area contributed by atoms with Crippen LogP contribution in [0.25, 0.3) is 0 Å². The van der Waals surface area contributed by atoms with Gasteiger partial charge < -0.3 is 35.3 Å². The van der Waals surface area contributed by atoms with Crippen LogP contribution in [-0.2, 0) is 28.6 Å². The molecule has 6 unspecified atom stereocenters. The molecule has 63 heavy (non-hydrogen) atoms. The molecule has 1 amide bonds. The minimum absolute atomic E-state index is 0.0948. The van der Waals surface area contributed by atoms with E-state index in [2.05, 4.69) is 54.2 Å². The summed E-state index contributed by atoms with van der Waals surface area (Å²) in [6.07, 6.45) is 10.3. The van der Waals surface area contributed by atoms with Crippen molar-refractivity contribution in [1.82, 2.24) is 15.0 Å². The largest absolute Gasteiger partial charge is 0.463 e. The van der Waals surface area contributed by atoms with Crippen molar-refractivity contribution in [3.63, 3.8) is 0 Å². The molecule has 0 bridgehead atoms. The van der Waals surface area contributed by atoms with Crippen LogP contribution in [0.1, 0.15) is 117 Å². The zero-order chi connectivity index (χ0) is 45.6. The lowest BCUT2D eigenvalue weighted by molar-refractivity contribution is -0.152. The number of hydrazone groups is 1. The summed E-state index contributed by atoms with van der Waals surface area (Å²) in [7, 11) is 0. The van der Waals surface area contributed by atoms with Gasteiger partial charge in [0.05, 0.1) is 18.6 Å². The van der Waals surface area contributed by atoms with E-state index in [0.29, 0.717) is 58.8 Å². The molecular formula is C46H63F2N5O10. The third-order valence-electron chi connectivity index (χ3n) is 13.7. The molecule has 1 aliphatic heterocycles. The Morgan fingerprint density at radius 2 is 1.89 bits per heavy atom. The molecular weight excluding hydrogens is 821 g/mol. The van der Waals surface area contributed by atoms with Gasteiger partial charge in [0.25, 0.3) is 0 Å². The average Bonchev–Trinajstić information content (AvgIpc) is 3.99. The number of aliphatic hydroxyl groups is 3. The van der Waals surface area contributed by atoms with Crippen LogP contribution in [0.3, 0.4) is 0 Å². The van der Waals surface area contributed by atoms with Gasteiger partial charge in [0, 0.05) is 37.6 Å². The van der Waals surface area contributed by atoms with Crippen molar-refractivity contribution in [3.05, 3.63) is 70.3 Å². The van der Waals surface area contributed by atoms with E-state index in [1.807, 2.05) is 6.08 Å². The zero-order valence-corrected chi connectivity index (χ0v) is 36.4. The minimum Gasteiger partial charge on any atom is -0.463 e. The number of hydrogen-bond donors (Lipinski definition) is 5. The van der Waals surface area contributed by atoms with Crippen molar-refractivity contribution in [3.8, 4) is 0 Å². The summed E-state index contributed by atoms with van der Waals surface area (Å²) in [5.41, 5.74) is 10.3. The number of amides is 1. The molecule has 17 heteroatoms. The zero-order valence-electron chi connectivity index (χ0n) is 36.4. The summed E-state index contributed by atoms with van der Waals surface area (Å²) in [5, 5.41) is 35.4. The molecule has 15 nitrogen and oxygen atoms in total. The van der Waals surface area contributed by atoms with Gasteiger partial charge in [-0.1, -0.05) is 50.3 Å². The molecule has 0 aromatic carbocycles. The molecule has 0 spiro atoms. The summed E-state index contributed by atoms with van der Waals surface area (Å²) in [4.78, 5) is 52.9. The number of carbonyl (C=O) groups is 3. The number of ether oxygens (including phenoxy) is 3. The van der Waals surface area contributed by atoms with E-state index in [9.17, 15) is 43.3 Å². The molecule has 10 atom stereocenters. The molecule has 2 heterocycles. The molecule has 1 saturated heterocycles. The second-order valence-corrected chi connectivity index (χ2v) is 18.3. The maximum absolute atomic E-state index is 14.7. The van der Waals surface area contributed by atoms with Gasteiger partial charge in [-0.15, -0.1) is 0 Å². The first kappa shape index (κ1) is 47.9. The van der Waals surface area contributed by atoms with Crippen LogP contribution in [0.4, 0.5) is 14.6 Å². The average molecular weight is 884 g/mol. The van der Waals surface area contributed by atoms with Crippen molar-refractivity contribution >= 4 is 29.4 Å². The van der Waals surface area contributed by atoms with E-state index < -0.39 is 73.1 Å². The van der Waals surface area contributed by atoms with Crippen molar-refractivity contribution in [1.29, 1.82) is 0 Å². The van der Waals surface area contributed by atoms with E-state index in [-0.39, 0.29) is 36.6 Å². The van der Waals surface area contributed by atoms with E-state index in [1.54, 1.807) is 6.92 Å². The maximum atomic E-state index is 14.7. The summed E-state index contributed by atoms with van der Waals surface area (Å²) in [6, 6.07) is 1.11. The highest BCUT2D eigenvalue weighted by atomic mass is 19.3. The van der Waals surface area contributed by atoms with Gasteiger partial charge in [-0.3, -0.25) is 19.0 Å². The van der Waals surface area contributed by atoms with E-state index in [4.69, 9.17) is 19.9 Å². The first-order valence-electron chi connectivity index (χ1n) is 22.2. The second kappa shape index (κ2) is 20.5. The highest BCUT2D eigenvalue weighted by Crippen LogP contribution is 2.59. The fourth-order valence-corrected chi connectivity index (χ4v) is 9.88. The number of nitrogen functional groups attached to an aromatic ring is 1. The van der Waals surface area contributed by atoms with Gasteiger partial charge in [0.2, 0.25) is 12.1 Å². The molecule has 4 saturated carbocycles. The van der Waals surface area contributed by atoms with Crippen LogP contribution in [0.5, 0.6) is 0 Å².